The lowest BCUT2D eigenvalue weighted by molar-refractivity contribution is -0.0292. The Kier molecular flexibility index (Phi) is 5.88. The Hall–Kier alpha value is -2.84. The molecule has 0 aliphatic carbocycles. The van der Waals surface area contributed by atoms with Gasteiger partial charge in [-0.15, -0.1) is 0 Å². The van der Waals surface area contributed by atoms with Crippen molar-refractivity contribution in [3.63, 3.8) is 0 Å². The fourth-order valence-corrected chi connectivity index (χ4v) is 2.86. The van der Waals surface area contributed by atoms with Crippen LogP contribution in [0.15, 0.2) is 42.7 Å². The Bertz CT molecular complexity index is 768. The van der Waals surface area contributed by atoms with E-state index in [-0.39, 0.29) is 17.5 Å². The van der Waals surface area contributed by atoms with Gasteiger partial charge in [0.2, 0.25) is 0 Å². The van der Waals surface area contributed by atoms with Crippen LogP contribution in [0.3, 0.4) is 0 Å². The quantitative estimate of drug-likeness (QED) is 0.766. The molecule has 0 saturated carbocycles. The number of primary amides is 1. The van der Waals surface area contributed by atoms with Gasteiger partial charge in [-0.2, -0.15) is 0 Å². The SMILES string of the molecule is NC(=O)c1nccnc1C(=O)NCC1CN(Cc2ccccc2)CCO1. The molecule has 3 N–H and O–H groups in total. The lowest BCUT2D eigenvalue weighted by Gasteiger charge is -2.33. The molecule has 8 nitrogen and oxygen atoms in total. The molecule has 1 aromatic carbocycles. The van der Waals surface area contributed by atoms with E-state index in [0.717, 1.165) is 13.1 Å². The number of benzene rings is 1. The molecule has 1 aliphatic rings. The summed E-state index contributed by atoms with van der Waals surface area (Å²) in [4.78, 5) is 33.7. The van der Waals surface area contributed by atoms with E-state index in [1.807, 2.05) is 18.2 Å². The summed E-state index contributed by atoms with van der Waals surface area (Å²) >= 11 is 0. The number of hydrogen-bond donors (Lipinski definition) is 2. The second-order valence-electron chi connectivity index (χ2n) is 6.04. The largest absolute Gasteiger partial charge is 0.374 e. The topological polar surface area (TPSA) is 110 Å². The second kappa shape index (κ2) is 8.50. The Morgan fingerprint density at radius 1 is 1.19 bits per heavy atom. The number of rotatable bonds is 6. The summed E-state index contributed by atoms with van der Waals surface area (Å²) in [6.45, 7) is 3.31. The Morgan fingerprint density at radius 2 is 1.92 bits per heavy atom. The minimum atomic E-state index is -0.786. The number of nitrogens with one attached hydrogen (secondary N) is 1. The van der Waals surface area contributed by atoms with Crippen LogP contribution in [0.25, 0.3) is 0 Å². The van der Waals surface area contributed by atoms with Crippen molar-refractivity contribution in [2.24, 2.45) is 5.73 Å². The van der Waals surface area contributed by atoms with Crippen LogP contribution in [0, 0.1) is 0 Å². The molecule has 0 radical (unpaired) electrons. The first-order valence-corrected chi connectivity index (χ1v) is 8.40. The summed E-state index contributed by atoms with van der Waals surface area (Å²) in [5.41, 5.74) is 6.26. The minimum absolute atomic E-state index is 0.0723. The number of hydrogen-bond acceptors (Lipinski definition) is 6. The normalized spacial score (nSPS) is 17.6. The molecule has 1 saturated heterocycles. The van der Waals surface area contributed by atoms with Gasteiger partial charge in [0.05, 0.1) is 12.7 Å². The molecule has 1 aromatic heterocycles. The van der Waals surface area contributed by atoms with E-state index in [4.69, 9.17) is 10.5 Å². The van der Waals surface area contributed by atoms with Gasteiger partial charge in [-0.25, -0.2) is 9.97 Å². The van der Waals surface area contributed by atoms with Crippen molar-refractivity contribution >= 4 is 11.8 Å². The molecule has 1 unspecified atom stereocenters. The third-order valence-electron chi connectivity index (χ3n) is 4.11. The summed E-state index contributed by atoms with van der Waals surface area (Å²) in [6, 6.07) is 10.2. The molecule has 2 heterocycles. The number of aromatic nitrogens is 2. The molecule has 136 valence electrons. The van der Waals surface area contributed by atoms with Crippen molar-refractivity contribution in [2.45, 2.75) is 12.6 Å². The zero-order valence-electron chi connectivity index (χ0n) is 14.3. The maximum Gasteiger partial charge on any atom is 0.272 e. The molecule has 3 rings (SSSR count). The van der Waals surface area contributed by atoms with Crippen molar-refractivity contribution in [1.29, 1.82) is 0 Å². The van der Waals surface area contributed by atoms with Crippen LogP contribution < -0.4 is 11.1 Å². The van der Waals surface area contributed by atoms with Crippen LogP contribution in [0.5, 0.6) is 0 Å². The van der Waals surface area contributed by atoms with Crippen molar-refractivity contribution in [2.75, 3.05) is 26.2 Å². The third-order valence-corrected chi connectivity index (χ3v) is 4.11. The number of morpholine rings is 1. The van der Waals surface area contributed by atoms with Crippen molar-refractivity contribution in [1.82, 2.24) is 20.2 Å². The summed E-state index contributed by atoms with van der Waals surface area (Å²) in [6.07, 6.45) is 2.54. The molecular weight excluding hydrogens is 334 g/mol. The molecule has 8 heteroatoms. The van der Waals surface area contributed by atoms with E-state index >= 15 is 0 Å². The Labute approximate surface area is 151 Å². The fourth-order valence-electron chi connectivity index (χ4n) is 2.86. The molecule has 1 atom stereocenters. The molecule has 2 aromatic rings. The predicted molar refractivity (Wildman–Crippen MR) is 94.3 cm³/mol. The van der Waals surface area contributed by atoms with Gasteiger partial charge >= 0.3 is 0 Å². The van der Waals surface area contributed by atoms with E-state index in [0.29, 0.717) is 19.7 Å². The maximum atomic E-state index is 12.3. The van der Waals surface area contributed by atoms with Gasteiger partial charge in [-0.3, -0.25) is 14.5 Å². The number of nitrogens with zero attached hydrogens (tertiary/aromatic N) is 3. The summed E-state index contributed by atoms with van der Waals surface area (Å²) in [7, 11) is 0. The first-order valence-electron chi connectivity index (χ1n) is 8.40. The molecule has 1 aliphatic heterocycles. The fraction of sp³-hybridized carbons (Fsp3) is 0.333. The van der Waals surface area contributed by atoms with Gasteiger partial charge in [-0.05, 0) is 5.56 Å². The average Bonchev–Trinajstić information content (AvgIpc) is 2.67. The highest BCUT2D eigenvalue weighted by atomic mass is 16.5. The third kappa shape index (κ3) is 4.62. The minimum Gasteiger partial charge on any atom is -0.374 e. The summed E-state index contributed by atoms with van der Waals surface area (Å²) < 4.78 is 5.73. The highest BCUT2D eigenvalue weighted by molar-refractivity contribution is 6.03. The first-order chi connectivity index (χ1) is 12.6. The van der Waals surface area contributed by atoms with Gasteiger partial charge in [-0.1, -0.05) is 30.3 Å². The summed E-state index contributed by atoms with van der Waals surface area (Å²) in [5.74, 6) is -1.28. The van der Waals surface area contributed by atoms with Crippen LogP contribution in [0.1, 0.15) is 26.5 Å². The smallest absolute Gasteiger partial charge is 0.272 e. The molecule has 1 fully saturated rings. The van der Waals surface area contributed by atoms with E-state index in [1.54, 1.807) is 0 Å². The average molecular weight is 355 g/mol. The van der Waals surface area contributed by atoms with Crippen LogP contribution >= 0.6 is 0 Å². The van der Waals surface area contributed by atoms with E-state index in [9.17, 15) is 9.59 Å². The maximum absolute atomic E-state index is 12.3. The van der Waals surface area contributed by atoms with Gasteiger partial charge in [0, 0.05) is 38.6 Å². The second-order valence-corrected chi connectivity index (χ2v) is 6.04. The molecular formula is C18H21N5O3. The van der Waals surface area contributed by atoms with Crippen LogP contribution in [-0.2, 0) is 11.3 Å². The lowest BCUT2D eigenvalue weighted by atomic mass is 10.2. The van der Waals surface area contributed by atoms with Crippen molar-refractivity contribution in [3.8, 4) is 0 Å². The first kappa shape index (κ1) is 18.0. The number of amides is 2. The van der Waals surface area contributed by atoms with E-state index in [2.05, 4.69) is 32.3 Å². The Morgan fingerprint density at radius 3 is 2.65 bits per heavy atom. The van der Waals surface area contributed by atoms with Gasteiger partial charge in [0.1, 0.15) is 0 Å². The molecule has 0 bridgehead atoms. The lowest BCUT2D eigenvalue weighted by Crippen LogP contribution is -2.47. The number of ether oxygens (including phenoxy) is 1. The van der Waals surface area contributed by atoms with Crippen LogP contribution in [0.4, 0.5) is 0 Å². The van der Waals surface area contributed by atoms with Crippen molar-refractivity contribution in [3.05, 3.63) is 59.7 Å². The molecule has 26 heavy (non-hydrogen) atoms. The number of carbonyl (C=O) groups is 2. The zero-order chi connectivity index (χ0) is 18.4. The summed E-state index contributed by atoms with van der Waals surface area (Å²) in [5, 5.41) is 2.75. The molecule has 0 spiro atoms. The van der Waals surface area contributed by atoms with Gasteiger partial charge in [0.25, 0.3) is 11.8 Å². The number of carbonyl (C=O) groups excluding carboxylic acids is 2. The predicted octanol–water partition coefficient (Wildman–Crippen LogP) is 0.206. The van der Waals surface area contributed by atoms with Crippen LogP contribution in [0.2, 0.25) is 0 Å². The van der Waals surface area contributed by atoms with Crippen molar-refractivity contribution < 1.29 is 14.3 Å². The monoisotopic (exact) mass is 355 g/mol. The highest BCUT2D eigenvalue weighted by Crippen LogP contribution is 2.10. The standard InChI is InChI=1S/C18H21N5O3/c19-17(24)15-16(21-7-6-20-15)18(25)22-10-14-12-23(8-9-26-14)11-13-4-2-1-3-5-13/h1-7,14H,8-12H2,(H2,19,24)(H,22,25). The van der Waals surface area contributed by atoms with E-state index < -0.39 is 11.8 Å². The van der Waals surface area contributed by atoms with E-state index in [1.165, 1.54) is 18.0 Å². The Balaban J connectivity index is 1.54. The zero-order valence-corrected chi connectivity index (χ0v) is 14.3. The number of nitrogens with two attached hydrogens (primary N) is 1. The van der Waals surface area contributed by atoms with Crippen LogP contribution in [-0.4, -0.2) is 59.0 Å². The van der Waals surface area contributed by atoms with Gasteiger partial charge < -0.3 is 15.8 Å². The molecule has 2 amide bonds. The highest BCUT2D eigenvalue weighted by Gasteiger charge is 2.23. The van der Waals surface area contributed by atoms with Gasteiger partial charge in [0.15, 0.2) is 11.4 Å².